The molecule has 2 aromatic rings. The van der Waals surface area contributed by atoms with Crippen LogP contribution < -0.4 is 9.47 Å². The standard InChI is InChI=1S/C23H26O6/c1-12(2)7-6-8-23(4)11-13(3)18-19-14(9-16(24)21(18)29-23)17(28-5)10-15(20(19)25)22(26)27/h7,9-11,24-25H,6,8H2,1-5H3,(H,26,27). The molecule has 6 heteroatoms. The van der Waals surface area contributed by atoms with E-state index in [1.807, 2.05) is 33.8 Å². The van der Waals surface area contributed by atoms with E-state index >= 15 is 0 Å². The van der Waals surface area contributed by atoms with Crippen molar-refractivity contribution < 1.29 is 29.6 Å². The van der Waals surface area contributed by atoms with Crippen molar-refractivity contribution in [3.05, 3.63) is 41.0 Å². The Hall–Kier alpha value is -3.15. The third kappa shape index (κ3) is 3.62. The molecule has 0 saturated carbocycles. The van der Waals surface area contributed by atoms with Gasteiger partial charge in [0.25, 0.3) is 0 Å². The van der Waals surface area contributed by atoms with Gasteiger partial charge in [-0.3, -0.25) is 0 Å². The maximum absolute atomic E-state index is 11.6. The van der Waals surface area contributed by atoms with Gasteiger partial charge in [0.2, 0.25) is 0 Å². The van der Waals surface area contributed by atoms with E-state index < -0.39 is 11.6 Å². The number of aromatic carboxylic acids is 1. The molecular formula is C23H26O6. The lowest BCUT2D eigenvalue weighted by Crippen LogP contribution is -2.32. The number of phenolic OH excluding ortho intramolecular Hbond substituents is 1. The van der Waals surface area contributed by atoms with Crippen molar-refractivity contribution in [2.45, 2.75) is 46.1 Å². The summed E-state index contributed by atoms with van der Waals surface area (Å²) in [7, 11) is 1.41. The molecule has 0 spiro atoms. The van der Waals surface area contributed by atoms with E-state index in [-0.39, 0.29) is 33.9 Å². The minimum absolute atomic E-state index is 0.0887. The second kappa shape index (κ2) is 7.35. The van der Waals surface area contributed by atoms with Gasteiger partial charge >= 0.3 is 5.97 Å². The van der Waals surface area contributed by atoms with E-state index in [2.05, 4.69) is 6.08 Å². The highest BCUT2D eigenvalue weighted by molar-refractivity contribution is 6.09. The van der Waals surface area contributed by atoms with Crippen LogP contribution >= 0.6 is 0 Å². The lowest BCUT2D eigenvalue weighted by Gasteiger charge is -2.34. The second-order valence-electron chi connectivity index (χ2n) is 7.86. The molecule has 0 aromatic heterocycles. The molecular weight excluding hydrogens is 372 g/mol. The summed E-state index contributed by atoms with van der Waals surface area (Å²) in [6.07, 6.45) is 5.60. The van der Waals surface area contributed by atoms with Crippen molar-refractivity contribution in [1.29, 1.82) is 0 Å². The van der Waals surface area contributed by atoms with Crippen LogP contribution in [0, 0.1) is 0 Å². The summed E-state index contributed by atoms with van der Waals surface area (Å²) in [5.74, 6) is -1.26. The summed E-state index contributed by atoms with van der Waals surface area (Å²) in [5, 5.41) is 31.6. The average molecular weight is 398 g/mol. The van der Waals surface area contributed by atoms with Crippen LogP contribution in [0.15, 0.2) is 29.9 Å². The summed E-state index contributed by atoms with van der Waals surface area (Å²) in [5.41, 5.74) is 1.56. The number of hydrogen-bond acceptors (Lipinski definition) is 5. The first kappa shape index (κ1) is 20.6. The summed E-state index contributed by atoms with van der Waals surface area (Å²) < 4.78 is 11.5. The summed E-state index contributed by atoms with van der Waals surface area (Å²) in [6.45, 7) is 7.87. The smallest absolute Gasteiger partial charge is 0.339 e. The number of carboxylic acid groups (broad SMARTS) is 1. The maximum atomic E-state index is 11.6. The Kier molecular flexibility index (Phi) is 5.22. The fourth-order valence-electron chi connectivity index (χ4n) is 3.88. The first-order chi connectivity index (χ1) is 13.6. The van der Waals surface area contributed by atoms with Gasteiger partial charge in [0.15, 0.2) is 11.5 Å². The van der Waals surface area contributed by atoms with Crippen LogP contribution in [0.1, 0.15) is 56.5 Å². The van der Waals surface area contributed by atoms with Crippen molar-refractivity contribution in [3.63, 3.8) is 0 Å². The van der Waals surface area contributed by atoms with Crippen LogP contribution in [0.2, 0.25) is 0 Å². The first-order valence-corrected chi connectivity index (χ1v) is 9.43. The van der Waals surface area contributed by atoms with E-state index in [4.69, 9.17) is 9.47 Å². The Morgan fingerprint density at radius 2 is 1.97 bits per heavy atom. The number of hydrogen-bond donors (Lipinski definition) is 3. The molecule has 6 nitrogen and oxygen atoms in total. The summed E-state index contributed by atoms with van der Waals surface area (Å²) in [6, 6.07) is 2.69. The molecule has 3 rings (SSSR count). The van der Waals surface area contributed by atoms with Crippen LogP contribution in [-0.2, 0) is 0 Å². The van der Waals surface area contributed by atoms with Crippen LogP contribution in [0.25, 0.3) is 16.3 Å². The van der Waals surface area contributed by atoms with E-state index in [9.17, 15) is 20.1 Å². The van der Waals surface area contributed by atoms with Crippen molar-refractivity contribution in [1.82, 2.24) is 0 Å². The lowest BCUT2D eigenvalue weighted by atomic mass is 9.87. The zero-order chi connectivity index (χ0) is 21.5. The molecule has 3 N–H and O–H groups in total. The zero-order valence-electron chi connectivity index (χ0n) is 17.3. The quantitative estimate of drug-likeness (QED) is 0.595. The first-order valence-electron chi connectivity index (χ1n) is 9.43. The molecule has 1 aliphatic heterocycles. The molecule has 1 atom stereocenters. The third-order valence-corrected chi connectivity index (χ3v) is 5.19. The zero-order valence-corrected chi connectivity index (χ0v) is 17.3. The molecule has 0 amide bonds. The molecule has 0 bridgehead atoms. The van der Waals surface area contributed by atoms with E-state index in [1.54, 1.807) is 0 Å². The van der Waals surface area contributed by atoms with Crippen LogP contribution in [-0.4, -0.2) is 34.0 Å². The Bertz CT molecular complexity index is 1060. The number of carboxylic acids is 1. The Balaban J connectivity index is 2.26. The largest absolute Gasteiger partial charge is 0.506 e. The second-order valence-corrected chi connectivity index (χ2v) is 7.86. The van der Waals surface area contributed by atoms with Gasteiger partial charge in [0.05, 0.1) is 7.11 Å². The number of carbonyl (C=O) groups is 1. The summed E-state index contributed by atoms with van der Waals surface area (Å²) >= 11 is 0. The van der Waals surface area contributed by atoms with Crippen molar-refractivity contribution in [2.24, 2.45) is 0 Å². The predicted octanol–water partition coefficient (Wildman–Crippen LogP) is 5.26. The number of aromatic hydroxyl groups is 2. The third-order valence-electron chi connectivity index (χ3n) is 5.19. The molecule has 0 fully saturated rings. The van der Waals surface area contributed by atoms with Gasteiger partial charge in [-0.2, -0.15) is 0 Å². The van der Waals surface area contributed by atoms with Gasteiger partial charge in [0, 0.05) is 16.3 Å². The maximum Gasteiger partial charge on any atom is 0.339 e. The number of benzene rings is 2. The molecule has 0 aliphatic carbocycles. The molecule has 1 unspecified atom stereocenters. The van der Waals surface area contributed by atoms with Crippen molar-refractivity contribution in [2.75, 3.05) is 7.11 Å². The average Bonchev–Trinajstić information content (AvgIpc) is 2.61. The number of fused-ring (bicyclic) bond motifs is 3. The number of methoxy groups -OCH3 is 1. The monoisotopic (exact) mass is 398 g/mol. The fourth-order valence-corrected chi connectivity index (χ4v) is 3.88. The van der Waals surface area contributed by atoms with E-state index in [0.717, 1.165) is 12.0 Å². The highest BCUT2D eigenvalue weighted by atomic mass is 16.5. The summed E-state index contributed by atoms with van der Waals surface area (Å²) in [4.78, 5) is 11.6. The van der Waals surface area contributed by atoms with Gasteiger partial charge in [-0.25, -0.2) is 4.79 Å². The highest BCUT2D eigenvalue weighted by Crippen LogP contribution is 2.51. The molecule has 154 valence electrons. The number of allylic oxidation sites excluding steroid dienone is 3. The number of phenols is 2. The molecule has 0 radical (unpaired) electrons. The van der Waals surface area contributed by atoms with Gasteiger partial charge in [0.1, 0.15) is 22.7 Å². The van der Waals surface area contributed by atoms with Crippen LogP contribution in [0.3, 0.4) is 0 Å². The van der Waals surface area contributed by atoms with Crippen molar-refractivity contribution >= 4 is 22.3 Å². The number of rotatable bonds is 5. The molecule has 29 heavy (non-hydrogen) atoms. The molecule has 0 saturated heterocycles. The van der Waals surface area contributed by atoms with Gasteiger partial charge in [-0.1, -0.05) is 11.6 Å². The lowest BCUT2D eigenvalue weighted by molar-refractivity contribution is 0.0693. The predicted molar refractivity (Wildman–Crippen MR) is 112 cm³/mol. The minimum atomic E-state index is -1.27. The Labute approximate surface area is 169 Å². The van der Waals surface area contributed by atoms with Gasteiger partial charge in [-0.05, 0) is 64.3 Å². The van der Waals surface area contributed by atoms with Gasteiger partial charge in [-0.15, -0.1) is 0 Å². The highest BCUT2D eigenvalue weighted by Gasteiger charge is 2.34. The normalized spacial score (nSPS) is 17.9. The minimum Gasteiger partial charge on any atom is -0.506 e. The number of ether oxygens (including phenoxy) is 2. The van der Waals surface area contributed by atoms with E-state index in [0.29, 0.717) is 17.4 Å². The van der Waals surface area contributed by atoms with E-state index in [1.165, 1.54) is 24.8 Å². The Morgan fingerprint density at radius 1 is 1.28 bits per heavy atom. The topological polar surface area (TPSA) is 96.2 Å². The van der Waals surface area contributed by atoms with Crippen LogP contribution in [0.4, 0.5) is 0 Å². The molecule has 1 heterocycles. The SMILES string of the molecule is COc1cc(C(=O)O)c(O)c2c3c(c(O)cc12)OC(C)(CCC=C(C)C)C=C3C. The fraction of sp³-hybridized carbons (Fsp3) is 0.348. The van der Waals surface area contributed by atoms with Gasteiger partial charge < -0.3 is 24.8 Å². The Morgan fingerprint density at radius 3 is 2.55 bits per heavy atom. The van der Waals surface area contributed by atoms with Crippen molar-refractivity contribution in [3.8, 4) is 23.0 Å². The molecule has 2 aromatic carbocycles. The molecule has 1 aliphatic rings. The van der Waals surface area contributed by atoms with Crippen LogP contribution in [0.5, 0.6) is 23.0 Å².